The molecule has 0 aliphatic rings. The van der Waals surface area contributed by atoms with E-state index >= 15 is 0 Å². The smallest absolute Gasteiger partial charge is 0.168 e. The maximum Gasteiger partial charge on any atom is 0.168 e. The van der Waals surface area contributed by atoms with Gasteiger partial charge in [-0.1, -0.05) is 0 Å². The van der Waals surface area contributed by atoms with E-state index in [1.165, 1.54) is 0 Å². The Morgan fingerprint density at radius 1 is 1.57 bits per heavy atom. The van der Waals surface area contributed by atoms with E-state index in [9.17, 15) is 13.0 Å². The summed E-state index contributed by atoms with van der Waals surface area (Å²) in [6, 6.07) is 0.748. The van der Waals surface area contributed by atoms with Crippen LogP contribution < -0.4 is 5.32 Å². The number of hydrogen-bond acceptors (Lipinski definition) is 3. The molecule has 78 valence electrons. The molecule has 0 amide bonds. The average molecular weight is 220 g/mol. The highest BCUT2D eigenvalue weighted by molar-refractivity contribution is 7.84. The van der Waals surface area contributed by atoms with Crippen LogP contribution in [0.4, 0.5) is 14.6 Å². The van der Waals surface area contributed by atoms with Gasteiger partial charge in [0, 0.05) is 35.4 Å². The van der Waals surface area contributed by atoms with E-state index in [2.05, 4.69) is 10.3 Å². The van der Waals surface area contributed by atoms with E-state index in [1.54, 1.807) is 6.26 Å². The van der Waals surface area contributed by atoms with Gasteiger partial charge >= 0.3 is 0 Å². The molecule has 3 nitrogen and oxygen atoms in total. The van der Waals surface area contributed by atoms with Gasteiger partial charge in [0.15, 0.2) is 11.6 Å². The van der Waals surface area contributed by atoms with Crippen molar-refractivity contribution < 1.29 is 13.0 Å². The van der Waals surface area contributed by atoms with Gasteiger partial charge < -0.3 is 5.32 Å². The molecular weight excluding hydrogens is 210 g/mol. The van der Waals surface area contributed by atoms with Gasteiger partial charge in [-0.25, -0.2) is 13.8 Å². The lowest BCUT2D eigenvalue weighted by Gasteiger charge is -2.04. The largest absolute Gasteiger partial charge is 0.367 e. The molecule has 0 saturated heterocycles. The van der Waals surface area contributed by atoms with Gasteiger partial charge in [-0.3, -0.25) is 4.21 Å². The van der Waals surface area contributed by atoms with Crippen LogP contribution >= 0.6 is 0 Å². The van der Waals surface area contributed by atoms with E-state index < -0.39 is 22.4 Å². The van der Waals surface area contributed by atoms with Crippen molar-refractivity contribution in [2.24, 2.45) is 0 Å². The zero-order valence-electron chi connectivity index (χ0n) is 7.59. The summed E-state index contributed by atoms with van der Waals surface area (Å²) in [5.74, 6) is -1.07. The van der Waals surface area contributed by atoms with Crippen molar-refractivity contribution in [1.29, 1.82) is 0 Å². The van der Waals surface area contributed by atoms with Crippen molar-refractivity contribution in [2.45, 2.75) is 0 Å². The highest BCUT2D eigenvalue weighted by atomic mass is 32.2. The molecule has 14 heavy (non-hydrogen) atoms. The van der Waals surface area contributed by atoms with Crippen molar-refractivity contribution in [3.05, 3.63) is 23.9 Å². The standard InChI is InChI=1S/C8H10F2N2OS/c1-14(13)3-2-11-8-7(10)4-6(9)5-12-8/h4-5H,2-3H2,1H3,(H,11,12). The zero-order chi connectivity index (χ0) is 10.6. The summed E-state index contributed by atoms with van der Waals surface area (Å²) in [4.78, 5) is 3.51. The lowest BCUT2D eigenvalue weighted by molar-refractivity contribution is 0.575. The van der Waals surface area contributed by atoms with Gasteiger partial charge in [0.1, 0.15) is 5.82 Å². The molecule has 1 aromatic rings. The van der Waals surface area contributed by atoms with Gasteiger partial charge in [0.05, 0.1) is 6.20 Å². The quantitative estimate of drug-likeness (QED) is 0.827. The van der Waals surface area contributed by atoms with Crippen molar-refractivity contribution in [3.63, 3.8) is 0 Å². The molecule has 6 heteroatoms. The molecule has 1 atom stereocenters. The third-order valence-corrected chi connectivity index (χ3v) is 2.27. The Morgan fingerprint density at radius 2 is 2.29 bits per heavy atom. The first-order valence-electron chi connectivity index (χ1n) is 3.94. The molecule has 0 aromatic carbocycles. The molecule has 0 saturated carbocycles. The first-order chi connectivity index (χ1) is 6.59. The molecule has 0 radical (unpaired) electrons. The van der Waals surface area contributed by atoms with Crippen molar-refractivity contribution in [3.8, 4) is 0 Å². The Morgan fingerprint density at radius 3 is 2.86 bits per heavy atom. The second-order valence-corrected chi connectivity index (χ2v) is 4.24. The maximum absolute atomic E-state index is 12.9. The van der Waals surface area contributed by atoms with Crippen LogP contribution in [-0.2, 0) is 10.8 Å². The minimum absolute atomic E-state index is 0.0168. The van der Waals surface area contributed by atoms with Crippen LogP contribution in [0.1, 0.15) is 0 Å². The van der Waals surface area contributed by atoms with E-state index in [0.29, 0.717) is 12.3 Å². The maximum atomic E-state index is 12.9. The molecule has 1 aromatic heterocycles. The summed E-state index contributed by atoms with van der Waals surface area (Å²) in [6.45, 7) is 0.346. The van der Waals surface area contributed by atoms with Gasteiger partial charge in [-0.15, -0.1) is 0 Å². The van der Waals surface area contributed by atoms with Gasteiger partial charge in [-0.05, 0) is 0 Å². The number of nitrogens with one attached hydrogen (secondary N) is 1. The van der Waals surface area contributed by atoms with Crippen molar-refractivity contribution in [2.75, 3.05) is 23.9 Å². The van der Waals surface area contributed by atoms with Crippen molar-refractivity contribution in [1.82, 2.24) is 4.98 Å². The number of nitrogens with zero attached hydrogens (tertiary/aromatic N) is 1. The average Bonchev–Trinajstić information content (AvgIpc) is 2.08. The summed E-state index contributed by atoms with van der Waals surface area (Å²) >= 11 is 0. The summed E-state index contributed by atoms with van der Waals surface area (Å²) in [5, 5.41) is 2.63. The monoisotopic (exact) mass is 220 g/mol. The molecule has 1 heterocycles. The Hall–Kier alpha value is -1.04. The summed E-state index contributed by atoms with van der Waals surface area (Å²) in [6.07, 6.45) is 2.48. The van der Waals surface area contributed by atoms with Crippen LogP contribution in [0.3, 0.4) is 0 Å². The van der Waals surface area contributed by atoms with Crippen molar-refractivity contribution >= 4 is 16.6 Å². The molecule has 1 N–H and O–H groups in total. The normalized spacial score (nSPS) is 12.5. The van der Waals surface area contributed by atoms with Gasteiger partial charge in [0.2, 0.25) is 0 Å². The highest BCUT2D eigenvalue weighted by Gasteiger charge is 2.04. The number of hydrogen-bond donors (Lipinski definition) is 1. The van der Waals surface area contributed by atoms with Crippen LogP contribution in [0, 0.1) is 11.6 Å². The van der Waals surface area contributed by atoms with Crippen LogP contribution in [0.25, 0.3) is 0 Å². The number of halogens is 2. The Kier molecular flexibility index (Phi) is 3.94. The molecule has 0 fully saturated rings. The predicted molar refractivity (Wildman–Crippen MR) is 51.6 cm³/mol. The van der Waals surface area contributed by atoms with Gasteiger partial charge in [-0.2, -0.15) is 0 Å². The predicted octanol–water partition coefficient (Wildman–Crippen LogP) is 1.15. The molecule has 1 unspecified atom stereocenters. The lowest BCUT2D eigenvalue weighted by Crippen LogP contribution is -2.12. The molecule has 0 aliphatic carbocycles. The minimum atomic E-state index is -0.937. The second kappa shape index (κ2) is 4.99. The van der Waals surface area contributed by atoms with E-state index in [4.69, 9.17) is 0 Å². The molecule has 0 spiro atoms. The van der Waals surface area contributed by atoms with Crippen LogP contribution in [0.15, 0.2) is 12.3 Å². The molecule has 1 rings (SSSR count). The van der Waals surface area contributed by atoms with E-state index in [-0.39, 0.29) is 5.82 Å². The molecule has 0 aliphatic heterocycles. The topological polar surface area (TPSA) is 42.0 Å². The summed E-state index contributed by atoms with van der Waals surface area (Å²) in [5.41, 5.74) is 0. The third-order valence-electron chi connectivity index (χ3n) is 1.49. The highest BCUT2D eigenvalue weighted by Crippen LogP contribution is 2.10. The fourth-order valence-electron chi connectivity index (χ4n) is 0.858. The number of rotatable bonds is 4. The van der Waals surface area contributed by atoms with Crippen LogP contribution in [0.2, 0.25) is 0 Å². The second-order valence-electron chi connectivity index (χ2n) is 2.69. The molecule has 0 bridgehead atoms. The van der Waals surface area contributed by atoms with Gasteiger partial charge in [0.25, 0.3) is 0 Å². The zero-order valence-corrected chi connectivity index (χ0v) is 8.41. The van der Waals surface area contributed by atoms with E-state index in [1.807, 2.05) is 0 Å². The first-order valence-corrected chi connectivity index (χ1v) is 5.67. The number of anilines is 1. The fourth-order valence-corrected chi connectivity index (χ4v) is 1.25. The molecular formula is C8H10F2N2OS. The number of pyridine rings is 1. The SMILES string of the molecule is CS(=O)CCNc1ncc(F)cc1F. The summed E-state index contributed by atoms with van der Waals surface area (Å²) in [7, 11) is -0.937. The third kappa shape index (κ3) is 3.37. The Balaban J connectivity index is 2.55. The number of aromatic nitrogens is 1. The minimum Gasteiger partial charge on any atom is -0.367 e. The first kappa shape index (κ1) is 11.0. The van der Waals surface area contributed by atoms with E-state index in [0.717, 1.165) is 12.3 Å². The Labute approximate surface area is 83.0 Å². The van der Waals surface area contributed by atoms with Crippen LogP contribution in [-0.4, -0.2) is 27.7 Å². The Bertz CT molecular complexity index is 346. The lowest BCUT2D eigenvalue weighted by atomic mass is 10.4. The fraction of sp³-hybridized carbons (Fsp3) is 0.375. The van der Waals surface area contributed by atoms with Crippen LogP contribution in [0.5, 0.6) is 0 Å². The summed E-state index contributed by atoms with van der Waals surface area (Å²) < 4.78 is 36.0.